The molecule has 1 aliphatic heterocycles. The zero-order valence-corrected chi connectivity index (χ0v) is 18.9. The summed E-state index contributed by atoms with van der Waals surface area (Å²) in [7, 11) is 0. The molecule has 8 nitrogen and oxygen atoms in total. The van der Waals surface area contributed by atoms with E-state index in [0.717, 1.165) is 11.1 Å². The summed E-state index contributed by atoms with van der Waals surface area (Å²) in [6.07, 6.45) is 1.64. The summed E-state index contributed by atoms with van der Waals surface area (Å²) in [5.74, 6) is 0.346. The summed E-state index contributed by atoms with van der Waals surface area (Å²) < 4.78 is 14.8. The number of nitrogens with zero attached hydrogens (tertiary/aromatic N) is 5. The number of nitrogens with one attached hydrogen (secondary N) is 1. The second-order valence-electron chi connectivity index (χ2n) is 8.81. The molecule has 1 saturated heterocycles. The minimum absolute atomic E-state index is 0.0161. The van der Waals surface area contributed by atoms with Crippen LogP contribution in [0.2, 0.25) is 0 Å². The number of aryl methyl sites for hydroxylation is 1. The number of rotatable bonds is 5. The van der Waals surface area contributed by atoms with Crippen LogP contribution in [-0.2, 0) is 17.8 Å². The van der Waals surface area contributed by atoms with Gasteiger partial charge in [0.25, 0.3) is 5.56 Å². The molecule has 0 spiro atoms. The fourth-order valence-electron chi connectivity index (χ4n) is 4.34. The Kier molecular flexibility index (Phi) is 5.91. The molecule has 2 aromatic carbocycles. The number of likely N-dealkylation sites (tertiary alicyclic amines) is 1. The first-order valence-electron chi connectivity index (χ1n) is 11.4. The van der Waals surface area contributed by atoms with Crippen molar-refractivity contribution in [1.29, 1.82) is 0 Å². The molecular formula is C25H25FN6O2. The van der Waals surface area contributed by atoms with Crippen molar-refractivity contribution in [3.05, 3.63) is 87.2 Å². The van der Waals surface area contributed by atoms with Crippen LogP contribution in [0.1, 0.15) is 41.3 Å². The number of piperidine rings is 1. The quantitative estimate of drug-likeness (QED) is 0.494. The molecule has 1 fully saturated rings. The first-order valence-corrected chi connectivity index (χ1v) is 11.4. The molecule has 0 bridgehead atoms. The number of hydrogen-bond acceptors (Lipinski definition) is 5. The molecule has 0 saturated carbocycles. The molecule has 0 aliphatic carbocycles. The van der Waals surface area contributed by atoms with E-state index in [2.05, 4.69) is 15.3 Å². The van der Waals surface area contributed by atoms with E-state index in [9.17, 15) is 14.0 Å². The molecule has 2 aromatic heterocycles. The van der Waals surface area contributed by atoms with Gasteiger partial charge in [-0.25, -0.2) is 14.1 Å². The van der Waals surface area contributed by atoms with E-state index in [0.29, 0.717) is 43.9 Å². The predicted molar refractivity (Wildman–Crippen MR) is 125 cm³/mol. The first-order chi connectivity index (χ1) is 16.5. The highest BCUT2D eigenvalue weighted by Crippen LogP contribution is 2.26. The Balaban J connectivity index is 1.29. The second kappa shape index (κ2) is 9.17. The molecule has 5 rings (SSSR count). The van der Waals surface area contributed by atoms with Crippen LogP contribution in [0, 0.1) is 12.7 Å². The summed E-state index contributed by atoms with van der Waals surface area (Å²) in [5.41, 5.74) is 3.40. The third kappa shape index (κ3) is 4.59. The highest BCUT2D eigenvalue weighted by Gasteiger charge is 2.26. The molecule has 34 heavy (non-hydrogen) atoms. The summed E-state index contributed by atoms with van der Waals surface area (Å²) in [6.45, 7) is 3.66. The van der Waals surface area contributed by atoms with Gasteiger partial charge in [0.1, 0.15) is 11.6 Å². The van der Waals surface area contributed by atoms with E-state index in [4.69, 9.17) is 4.98 Å². The third-order valence-electron chi connectivity index (χ3n) is 6.35. The third-order valence-corrected chi connectivity index (χ3v) is 6.35. The first kappa shape index (κ1) is 21.9. The van der Waals surface area contributed by atoms with Gasteiger partial charge >= 0.3 is 0 Å². The Morgan fingerprint density at radius 3 is 2.44 bits per heavy atom. The lowest BCUT2D eigenvalue weighted by Crippen LogP contribution is -2.39. The lowest BCUT2D eigenvalue weighted by Gasteiger charge is -2.31. The van der Waals surface area contributed by atoms with Crippen LogP contribution in [0.5, 0.6) is 0 Å². The number of carbonyl (C=O) groups excluding carboxylic acids is 1. The van der Waals surface area contributed by atoms with Gasteiger partial charge < -0.3 is 9.88 Å². The molecule has 1 aliphatic rings. The van der Waals surface area contributed by atoms with E-state index >= 15 is 0 Å². The van der Waals surface area contributed by atoms with Crippen LogP contribution in [0.4, 0.5) is 4.39 Å². The minimum atomic E-state index is -0.314. The van der Waals surface area contributed by atoms with E-state index < -0.39 is 0 Å². The topological polar surface area (TPSA) is 96.8 Å². The normalized spacial score (nSPS) is 14.6. The van der Waals surface area contributed by atoms with Gasteiger partial charge in [-0.15, -0.1) is 5.10 Å². The van der Waals surface area contributed by atoms with Gasteiger partial charge in [0, 0.05) is 19.0 Å². The van der Waals surface area contributed by atoms with Gasteiger partial charge in [-0.05, 0) is 43.0 Å². The van der Waals surface area contributed by atoms with E-state index in [1.54, 1.807) is 16.8 Å². The van der Waals surface area contributed by atoms with Gasteiger partial charge in [-0.1, -0.05) is 47.2 Å². The summed E-state index contributed by atoms with van der Waals surface area (Å²) in [4.78, 5) is 34.7. The lowest BCUT2D eigenvalue weighted by molar-refractivity contribution is -0.131. The Hall–Kier alpha value is -3.88. The number of benzene rings is 2. The van der Waals surface area contributed by atoms with Crippen molar-refractivity contribution < 1.29 is 9.18 Å². The maximum atomic E-state index is 13.1. The lowest BCUT2D eigenvalue weighted by atomic mass is 9.95. The Morgan fingerprint density at radius 1 is 1.06 bits per heavy atom. The van der Waals surface area contributed by atoms with Crippen molar-refractivity contribution in [3.8, 4) is 0 Å². The number of halogens is 1. The average molecular weight is 461 g/mol. The van der Waals surface area contributed by atoms with Gasteiger partial charge in [0.05, 0.1) is 13.0 Å². The monoisotopic (exact) mass is 460 g/mol. The van der Waals surface area contributed by atoms with Crippen LogP contribution >= 0.6 is 0 Å². The van der Waals surface area contributed by atoms with E-state index in [1.807, 2.05) is 36.1 Å². The van der Waals surface area contributed by atoms with E-state index in [1.165, 1.54) is 17.7 Å². The fraction of sp³-hybridized carbons (Fsp3) is 0.320. The fourth-order valence-corrected chi connectivity index (χ4v) is 4.34. The second-order valence-corrected chi connectivity index (χ2v) is 8.81. The Labute approximate surface area is 195 Å². The number of hydrogen-bond donors (Lipinski definition) is 1. The minimum Gasteiger partial charge on any atom is -0.342 e. The standard InChI is InChI=1S/C25H25FN6O2/c1-16-2-4-18(5-3-16)15-32-24-22(29-30-32)25(34)28-23(27-24)19-10-12-31(13-11-19)21(33)14-17-6-8-20(26)9-7-17/h2-9,19H,10-15H2,1H3,(H,27,28,34). The van der Waals surface area contributed by atoms with Crippen LogP contribution in [0.3, 0.4) is 0 Å². The van der Waals surface area contributed by atoms with Crippen molar-refractivity contribution in [2.75, 3.05) is 13.1 Å². The highest BCUT2D eigenvalue weighted by atomic mass is 19.1. The van der Waals surface area contributed by atoms with Gasteiger partial charge in [-0.3, -0.25) is 9.59 Å². The zero-order valence-electron chi connectivity index (χ0n) is 18.9. The molecule has 0 unspecified atom stereocenters. The average Bonchev–Trinajstić information content (AvgIpc) is 3.25. The molecule has 4 aromatic rings. The molecule has 1 N–H and O–H groups in total. The Bertz CT molecular complexity index is 1370. The zero-order chi connectivity index (χ0) is 23.7. The van der Waals surface area contributed by atoms with Crippen LogP contribution in [0.25, 0.3) is 11.2 Å². The molecule has 3 heterocycles. The summed E-state index contributed by atoms with van der Waals surface area (Å²) in [6, 6.07) is 14.1. The maximum Gasteiger partial charge on any atom is 0.281 e. The van der Waals surface area contributed by atoms with Gasteiger partial charge in [0.2, 0.25) is 5.91 Å². The SMILES string of the molecule is Cc1ccc(Cn2nnc3c(=O)[nH]c(C4CCN(C(=O)Cc5ccc(F)cc5)CC4)nc32)cc1. The van der Waals surface area contributed by atoms with E-state index in [-0.39, 0.29) is 35.1 Å². The number of aromatic nitrogens is 5. The largest absolute Gasteiger partial charge is 0.342 e. The molecule has 0 radical (unpaired) electrons. The van der Waals surface area contributed by atoms with Crippen LogP contribution in [-0.4, -0.2) is 48.9 Å². The highest BCUT2D eigenvalue weighted by molar-refractivity contribution is 5.78. The number of aromatic amines is 1. The number of fused-ring (bicyclic) bond motifs is 1. The maximum absolute atomic E-state index is 13.1. The van der Waals surface area contributed by atoms with Crippen LogP contribution < -0.4 is 5.56 Å². The van der Waals surface area contributed by atoms with Crippen molar-refractivity contribution in [1.82, 2.24) is 29.9 Å². The van der Waals surface area contributed by atoms with Crippen molar-refractivity contribution in [3.63, 3.8) is 0 Å². The molecule has 9 heteroatoms. The van der Waals surface area contributed by atoms with Crippen molar-refractivity contribution in [2.45, 2.75) is 38.6 Å². The van der Waals surface area contributed by atoms with Gasteiger partial charge in [-0.2, -0.15) is 0 Å². The number of carbonyl (C=O) groups is 1. The summed E-state index contributed by atoms with van der Waals surface area (Å²) in [5, 5.41) is 8.18. The van der Waals surface area contributed by atoms with Crippen molar-refractivity contribution >= 4 is 17.1 Å². The predicted octanol–water partition coefficient (Wildman–Crippen LogP) is 2.96. The molecule has 174 valence electrons. The van der Waals surface area contributed by atoms with Crippen LogP contribution in [0.15, 0.2) is 53.3 Å². The summed E-state index contributed by atoms with van der Waals surface area (Å²) >= 11 is 0. The number of amides is 1. The van der Waals surface area contributed by atoms with Crippen molar-refractivity contribution in [2.24, 2.45) is 0 Å². The number of H-pyrrole nitrogens is 1. The van der Waals surface area contributed by atoms with Gasteiger partial charge in [0.15, 0.2) is 11.2 Å². The molecular weight excluding hydrogens is 435 g/mol. The molecule has 0 atom stereocenters. The smallest absolute Gasteiger partial charge is 0.281 e. The Morgan fingerprint density at radius 2 is 1.74 bits per heavy atom. The molecule has 1 amide bonds.